The van der Waals surface area contributed by atoms with Crippen LogP contribution in [0, 0.1) is 0 Å². The summed E-state index contributed by atoms with van der Waals surface area (Å²) < 4.78 is 4.12. The van der Waals surface area contributed by atoms with Gasteiger partial charge in [-0.2, -0.15) is 0 Å². The minimum atomic E-state index is -0.957. The Morgan fingerprint density at radius 3 is 1.78 bits per heavy atom. The molecule has 0 saturated heterocycles. The van der Waals surface area contributed by atoms with Gasteiger partial charge >= 0.3 is 5.97 Å². The molecule has 0 radical (unpaired) electrons. The van der Waals surface area contributed by atoms with Gasteiger partial charge in [0.2, 0.25) is 0 Å². The Bertz CT molecular complexity index is 2430. The van der Waals surface area contributed by atoms with Gasteiger partial charge in [-0.3, -0.25) is 0 Å². The van der Waals surface area contributed by atoms with E-state index in [0.717, 1.165) is 69.7 Å². The van der Waals surface area contributed by atoms with Crippen LogP contribution >= 0.6 is 0 Å². The van der Waals surface area contributed by atoms with E-state index >= 15 is 0 Å². The molecule has 0 amide bonds. The molecular formula is C47H40N6O2. The number of aromatic carboxylic acids is 1. The normalized spacial score (nSPS) is 11.4. The van der Waals surface area contributed by atoms with Crippen LogP contribution in [0.3, 0.4) is 0 Å². The lowest BCUT2D eigenvalue weighted by Crippen LogP contribution is -2.39. The molecule has 2 aromatic heterocycles. The molecule has 0 aliphatic rings. The largest absolute Gasteiger partial charge is 0.478 e. The number of carboxylic acid groups (broad SMARTS) is 1. The number of aryl methyl sites for hydroxylation is 1. The van der Waals surface area contributed by atoms with E-state index in [1.54, 1.807) is 12.1 Å². The molecule has 0 saturated carbocycles. The molecule has 1 N–H and O–H groups in total. The molecule has 0 atom stereocenters. The maximum Gasteiger partial charge on any atom is 0.336 e. The van der Waals surface area contributed by atoms with Gasteiger partial charge < -0.3 is 9.67 Å². The molecule has 0 aliphatic carbocycles. The maximum atomic E-state index is 12.2. The average Bonchev–Trinajstić information content (AvgIpc) is 3.89. The molecule has 0 spiro atoms. The summed E-state index contributed by atoms with van der Waals surface area (Å²) in [4.78, 5) is 17.0. The summed E-state index contributed by atoms with van der Waals surface area (Å²) in [5.41, 5.74) is 7.93. The first kappa shape index (κ1) is 35.1. The molecule has 8 aromatic rings. The molecule has 0 bridgehead atoms. The van der Waals surface area contributed by atoms with Crippen molar-refractivity contribution in [3.63, 3.8) is 0 Å². The zero-order chi connectivity index (χ0) is 37.6. The lowest BCUT2D eigenvalue weighted by molar-refractivity contribution is 0.0697. The van der Waals surface area contributed by atoms with Crippen LogP contribution < -0.4 is 0 Å². The Hall–Kier alpha value is -6.93. The Kier molecular flexibility index (Phi) is 9.95. The SMILES string of the molecule is CCCCc1ncc(-c2ccccc2C(=O)O)n1Cc1ccc(-c2ccccc2-c2nnnn2C(c2ccccc2)(c2ccccc2)c2ccccc2)cc1. The Labute approximate surface area is 320 Å². The van der Waals surface area contributed by atoms with Crippen molar-refractivity contribution in [2.45, 2.75) is 38.3 Å². The van der Waals surface area contributed by atoms with Gasteiger partial charge in [-0.15, -0.1) is 5.10 Å². The number of nitrogens with zero attached hydrogens (tertiary/aromatic N) is 6. The van der Waals surface area contributed by atoms with E-state index in [-0.39, 0.29) is 5.56 Å². The highest BCUT2D eigenvalue weighted by Gasteiger charge is 2.42. The van der Waals surface area contributed by atoms with Crippen LogP contribution in [-0.2, 0) is 18.5 Å². The van der Waals surface area contributed by atoms with Crippen molar-refractivity contribution >= 4 is 5.97 Å². The lowest BCUT2D eigenvalue weighted by Gasteiger charge is -2.36. The van der Waals surface area contributed by atoms with Crippen LogP contribution in [0.4, 0.5) is 0 Å². The van der Waals surface area contributed by atoms with Gasteiger partial charge in [-0.05, 0) is 56.3 Å². The van der Waals surface area contributed by atoms with Crippen molar-refractivity contribution in [1.29, 1.82) is 0 Å². The first-order valence-electron chi connectivity index (χ1n) is 18.6. The number of rotatable bonds is 13. The second kappa shape index (κ2) is 15.6. The minimum absolute atomic E-state index is 0.260. The van der Waals surface area contributed by atoms with Gasteiger partial charge in [-0.1, -0.05) is 171 Å². The Balaban J connectivity index is 1.21. The van der Waals surface area contributed by atoms with E-state index in [1.165, 1.54) is 0 Å². The molecule has 0 fully saturated rings. The van der Waals surface area contributed by atoms with Crippen LogP contribution in [0.25, 0.3) is 33.8 Å². The van der Waals surface area contributed by atoms with Gasteiger partial charge in [0.05, 0.1) is 17.5 Å². The zero-order valence-corrected chi connectivity index (χ0v) is 30.5. The number of unbranched alkanes of at least 4 members (excludes halogenated alkanes) is 1. The number of carboxylic acids is 1. The highest BCUT2D eigenvalue weighted by Crippen LogP contribution is 2.43. The average molecular weight is 721 g/mol. The van der Waals surface area contributed by atoms with Crippen molar-refractivity contribution in [3.05, 3.63) is 204 Å². The molecule has 270 valence electrons. The van der Waals surface area contributed by atoms with Crippen molar-refractivity contribution in [2.24, 2.45) is 0 Å². The summed E-state index contributed by atoms with van der Waals surface area (Å²) in [6.07, 6.45) is 4.64. The summed E-state index contributed by atoms with van der Waals surface area (Å²) in [6.45, 7) is 2.71. The first-order valence-corrected chi connectivity index (χ1v) is 18.6. The van der Waals surface area contributed by atoms with Crippen LogP contribution in [0.5, 0.6) is 0 Å². The van der Waals surface area contributed by atoms with Gasteiger partial charge in [0.1, 0.15) is 11.4 Å². The molecule has 0 unspecified atom stereocenters. The van der Waals surface area contributed by atoms with E-state index < -0.39 is 11.5 Å². The molecule has 8 heteroatoms. The number of carbonyl (C=O) groups is 1. The quantitative estimate of drug-likeness (QED) is 0.119. The summed E-state index contributed by atoms with van der Waals surface area (Å²) in [6, 6.07) is 55.1. The van der Waals surface area contributed by atoms with Crippen LogP contribution in [0.1, 0.15) is 58.2 Å². The summed E-state index contributed by atoms with van der Waals surface area (Å²) in [5.74, 6) is 0.620. The second-order valence-corrected chi connectivity index (χ2v) is 13.6. The highest BCUT2D eigenvalue weighted by atomic mass is 16.4. The van der Waals surface area contributed by atoms with Gasteiger partial charge in [0, 0.05) is 24.1 Å². The topological polar surface area (TPSA) is 98.7 Å². The number of benzene rings is 6. The summed E-state index contributed by atoms with van der Waals surface area (Å²) >= 11 is 0. The van der Waals surface area contributed by atoms with Crippen LogP contribution in [0.15, 0.2) is 170 Å². The fraction of sp³-hybridized carbons (Fsp3) is 0.128. The standard InChI is InChI=1S/C47H40N6O2/c1-2-3-27-44-48-32-43(40-24-14-16-26-42(40)46(54)55)52(44)33-34-28-30-35(31-29-34)39-23-13-15-25-41(39)45-49-50-51-53(45)47(36-17-7-4-8-18-36,37-19-9-5-10-20-37)38-21-11-6-12-22-38/h4-26,28-32H,2-3,27,33H2,1H3,(H,54,55). The zero-order valence-electron chi connectivity index (χ0n) is 30.5. The van der Waals surface area contributed by atoms with Gasteiger partial charge in [-0.25, -0.2) is 14.5 Å². The number of aromatic nitrogens is 6. The Morgan fingerprint density at radius 1 is 0.655 bits per heavy atom. The summed E-state index contributed by atoms with van der Waals surface area (Å²) in [5, 5.41) is 23.8. The lowest BCUT2D eigenvalue weighted by atomic mass is 9.77. The number of hydrogen-bond donors (Lipinski definition) is 1. The molecule has 8 nitrogen and oxygen atoms in total. The highest BCUT2D eigenvalue weighted by molar-refractivity contribution is 5.95. The van der Waals surface area contributed by atoms with E-state index in [9.17, 15) is 9.90 Å². The molecule has 0 aliphatic heterocycles. The fourth-order valence-electron chi connectivity index (χ4n) is 7.62. The first-order chi connectivity index (χ1) is 27.1. The molecule has 55 heavy (non-hydrogen) atoms. The maximum absolute atomic E-state index is 12.2. The second-order valence-electron chi connectivity index (χ2n) is 13.6. The van der Waals surface area contributed by atoms with Crippen molar-refractivity contribution in [2.75, 3.05) is 0 Å². The van der Waals surface area contributed by atoms with Crippen molar-refractivity contribution in [3.8, 4) is 33.8 Å². The number of imidazole rings is 1. The van der Waals surface area contributed by atoms with E-state index in [4.69, 9.17) is 15.3 Å². The van der Waals surface area contributed by atoms with Crippen LogP contribution in [0.2, 0.25) is 0 Å². The minimum Gasteiger partial charge on any atom is -0.478 e. The van der Waals surface area contributed by atoms with E-state index in [1.807, 2.05) is 53.3 Å². The predicted octanol–water partition coefficient (Wildman–Crippen LogP) is 9.80. The Morgan fingerprint density at radius 2 is 1.20 bits per heavy atom. The summed E-state index contributed by atoms with van der Waals surface area (Å²) in [7, 11) is 0. The smallest absolute Gasteiger partial charge is 0.336 e. The third-order valence-electron chi connectivity index (χ3n) is 10.3. The molecular weight excluding hydrogens is 681 g/mol. The molecule has 6 aromatic carbocycles. The van der Waals surface area contributed by atoms with E-state index in [2.05, 4.69) is 126 Å². The van der Waals surface area contributed by atoms with Crippen molar-refractivity contribution in [1.82, 2.24) is 29.8 Å². The number of hydrogen-bond acceptors (Lipinski definition) is 5. The molecule has 8 rings (SSSR count). The van der Waals surface area contributed by atoms with Crippen molar-refractivity contribution < 1.29 is 9.90 Å². The third kappa shape index (κ3) is 6.63. The monoisotopic (exact) mass is 720 g/mol. The van der Waals surface area contributed by atoms with Crippen LogP contribution in [-0.4, -0.2) is 40.8 Å². The van der Waals surface area contributed by atoms with Gasteiger partial charge in [0.15, 0.2) is 5.82 Å². The third-order valence-corrected chi connectivity index (χ3v) is 10.3. The predicted molar refractivity (Wildman–Crippen MR) is 216 cm³/mol. The molecule has 2 heterocycles. The number of tetrazole rings is 1. The van der Waals surface area contributed by atoms with Gasteiger partial charge in [0.25, 0.3) is 0 Å². The van der Waals surface area contributed by atoms with E-state index in [0.29, 0.717) is 17.9 Å². The fourth-order valence-corrected chi connectivity index (χ4v) is 7.62.